The van der Waals surface area contributed by atoms with E-state index in [1.807, 2.05) is 24.3 Å². The van der Waals surface area contributed by atoms with Crippen LogP contribution in [0.2, 0.25) is 0 Å². The summed E-state index contributed by atoms with van der Waals surface area (Å²) in [6, 6.07) is 7.62. The molecule has 16 heavy (non-hydrogen) atoms. The van der Waals surface area contributed by atoms with Crippen molar-refractivity contribution in [2.45, 2.75) is 13.5 Å². The lowest BCUT2D eigenvalue weighted by molar-refractivity contribution is -0.134. The van der Waals surface area contributed by atoms with Crippen molar-refractivity contribution in [3.63, 3.8) is 0 Å². The third-order valence-electron chi connectivity index (χ3n) is 1.76. The van der Waals surface area contributed by atoms with Gasteiger partial charge in [-0.05, 0) is 24.6 Å². The van der Waals surface area contributed by atoms with Crippen LogP contribution in [-0.2, 0) is 16.1 Å². The number of halogens is 2. The highest BCUT2D eigenvalue weighted by Crippen LogP contribution is 2.11. The zero-order valence-corrected chi connectivity index (χ0v) is 11.1. The predicted molar refractivity (Wildman–Crippen MR) is 67.8 cm³/mol. The average Bonchev–Trinajstić information content (AvgIpc) is 2.28. The molecule has 0 saturated heterocycles. The maximum absolute atomic E-state index is 11.1. The second-order valence-corrected chi connectivity index (χ2v) is 4.23. The molecule has 1 aromatic carbocycles. The quantitative estimate of drug-likeness (QED) is 0.633. The predicted octanol–water partition coefficient (Wildman–Crippen LogP) is 3.15. The lowest BCUT2D eigenvalue weighted by atomic mass is 10.2. The molecule has 0 atom stereocenters. The minimum Gasteiger partial charge on any atom is -0.461 e. The number of esters is 1. The van der Waals surface area contributed by atoms with E-state index in [-0.39, 0.29) is 5.17 Å². The van der Waals surface area contributed by atoms with Gasteiger partial charge in [0, 0.05) is 4.47 Å². The SMILES string of the molecule is CCOC(=O)C(Cl)=NCc1ccc(Br)cc1. The molecular formula is C11H11BrClNO2. The zero-order chi connectivity index (χ0) is 12.0. The first-order valence-corrected chi connectivity index (χ1v) is 5.92. The summed E-state index contributed by atoms with van der Waals surface area (Å²) in [5.74, 6) is -0.582. The molecule has 0 fully saturated rings. The Kier molecular flexibility index (Phi) is 5.49. The molecule has 0 spiro atoms. The molecule has 0 saturated carbocycles. The van der Waals surface area contributed by atoms with Crippen molar-refractivity contribution < 1.29 is 9.53 Å². The van der Waals surface area contributed by atoms with Crippen LogP contribution in [0.5, 0.6) is 0 Å². The minimum atomic E-state index is -0.582. The Bertz CT molecular complexity index is 389. The van der Waals surface area contributed by atoms with Crippen molar-refractivity contribution in [1.29, 1.82) is 0 Å². The number of carbonyl (C=O) groups excluding carboxylic acids is 1. The molecule has 86 valence electrons. The third-order valence-corrected chi connectivity index (χ3v) is 2.56. The van der Waals surface area contributed by atoms with Crippen LogP contribution < -0.4 is 0 Å². The largest absolute Gasteiger partial charge is 0.461 e. The number of benzene rings is 1. The van der Waals surface area contributed by atoms with Gasteiger partial charge in [-0.2, -0.15) is 0 Å². The lowest BCUT2D eigenvalue weighted by Gasteiger charge is -2.00. The number of carbonyl (C=O) groups is 1. The zero-order valence-electron chi connectivity index (χ0n) is 8.74. The van der Waals surface area contributed by atoms with Gasteiger partial charge in [-0.1, -0.05) is 39.7 Å². The standard InChI is InChI=1S/C11H11BrClNO2/c1-2-16-11(15)10(13)14-7-8-3-5-9(12)6-4-8/h3-6H,2,7H2,1H3. The van der Waals surface area contributed by atoms with E-state index in [0.717, 1.165) is 10.0 Å². The van der Waals surface area contributed by atoms with Gasteiger partial charge in [0.15, 0.2) is 0 Å². The summed E-state index contributed by atoms with van der Waals surface area (Å²) < 4.78 is 5.70. The van der Waals surface area contributed by atoms with Crippen LogP contribution in [-0.4, -0.2) is 17.7 Å². The molecule has 0 radical (unpaired) electrons. The highest BCUT2D eigenvalue weighted by molar-refractivity contribution is 9.10. The second-order valence-electron chi connectivity index (χ2n) is 2.95. The van der Waals surface area contributed by atoms with Crippen molar-refractivity contribution in [3.05, 3.63) is 34.3 Å². The van der Waals surface area contributed by atoms with Crippen molar-refractivity contribution in [2.75, 3.05) is 6.61 Å². The van der Waals surface area contributed by atoms with Crippen LogP contribution in [0.3, 0.4) is 0 Å². The second kappa shape index (κ2) is 6.66. The van der Waals surface area contributed by atoms with E-state index in [0.29, 0.717) is 13.2 Å². The van der Waals surface area contributed by atoms with Crippen molar-refractivity contribution in [2.24, 2.45) is 4.99 Å². The van der Waals surface area contributed by atoms with E-state index < -0.39 is 5.97 Å². The molecule has 0 unspecified atom stereocenters. The Hall–Kier alpha value is -0.870. The molecule has 0 aliphatic carbocycles. The van der Waals surface area contributed by atoms with Crippen LogP contribution in [0.1, 0.15) is 12.5 Å². The Labute approximate surface area is 108 Å². The highest BCUT2D eigenvalue weighted by Gasteiger charge is 2.08. The number of nitrogens with zero attached hydrogens (tertiary/aromatic N) is 1. The van der Waals surface area contributed by atoms with Crippen LogP contribution in [0.15, 0.2) is 33.7 Å². The molecule has 0 aliphatic heterocycles. The van der Waals surface area contributed by atoms with E-state index in [4.69, 9.17) is 16.3 Å². The molecule has 0 N–H and O–H groups in total. The topological polar surface area (TPSA) is 38.7 Å². The van der Waals surface area contributed by atoms with Gasteiger partial charge >= 0.3 is 5.97 Å². The van der Waals surface area contributed by atoms with Crippen molar-refractivity contribution >= 4 is 38.7 Å². The molecule has 0 aliphatic rings. The van der Waals surface area contributed by atoms with Crippen molar-refractivity contribution in [1.82, 2.24) is 0 Å². The maximum atomic E-state index is 11.1. The Morgan fingerprint density at radius 2 is 2.06 bits per heavy atom. The molecule has 0 amide bonds. The minimum absolute atomic E-state index is 0.121. The van der Waals surface area contributed by atoms with E-state index in [2.05, 4.69) is 20.9 Å². The molecule has 0 heterocycles. The maximum Gasteiger partial charge on any atom is 0.368 e. The summed E-state index contributed by atoms with van der Waals surface area (Å²) in [5.41, 5.74) is 0.977. The van der Waals surface area contributed by atoms with Crippen LogP contribution in [0.25, 0.3) is 0 Å². The fraction of sp³-hybridized carbons (Fsp3) is 0.273. The fourth-order valence-electron chi connectivity index (χ4n) is 1.01. The lowest BCUT2D eigenvalue weighted by Crippen LogP contribution is -2.12. The van der Waals surface area contributed by atoms with Gasteiger partial charge in [0.2, 0.25) is 5.17 Å². The van der Waals surface area contributed by atoms with Crippen LogP contribution in [0, 0.1) is 0 Å². The third kappa shape index (κ3) is 4.33. The summed E-state index contributed by atoms with van der Waals surface area (Å²) in [4.78, 5) is 15.1. The van der Waals surface area contributed by atoms with Gasteiger partial charge in [-0.25, -0.2) is 4.79 Å². The van der Waals surface area contributed by atoms with Gasteiger partial charge in [0.05, 0.1) is 13.2 Å². The molecular weight excluding hydrogens is 293 g/mol. The highest BCUT2D eigenvalue weighted by atomic mass is 79.9. The Morgan fingerprint density at radius 1 is 1.44 bits per heavy atom. The number of aliphatic imine (C=N–C) groups is 1. The summed E-state index contributed by atoms with van der Waals surface area (Å²) in [6.45, 7) is 2.38. The normalized spacial score (nSPS) is 11.3. The van der Waals surface area contributed by atoms with Gasteiger partial charge < -0.3 is 4.74 Å². The van der Waals surface area contributed by atoms with Gasteiger partial charge in [0.25, 0.3) is 0 Å². The molecule has 0 bridgehead atoms. The Balaban J connectivity index is 2.58. The summed E-state index contributed by atoms with van der Waals surface area (Å²) in [7, 11) is 0. The molecule has 1 aromatic rings. The van der Waals surface area contributed by atoms with E-state index in [1.165, 1.54) is 0 Å². The summed E-state index contributed by atoms with van der Waals surface area (Å²) in [5, 5.41) is -0.121. The van der Waals surface area contributed by atoms with E-state index >= 15 is 0 Å². The van der Waals surface area contributed by atoms with Crippen LogP contribution in [0.4, 0.5) is 0 Å². The summed E-state index contributed by atoms with van der Waals surface area (Å²) >= 11 is 8.99. The number of hydrogen-bond donors (Lipinski definition) is 0. The molecule has 5 heteroatoms. The first kappa shape index (κ1) is 13.2. The monoisotopic (exact) mass is 303 g/mol. The molecule has 0 aromatic heterocycles. The summed E-state index contributed by atoms with van der Waals surface area (Å²) in [6.07, 6.45) is 0. The van der Waals surface area contributed by atoms with Crippen molar-refractivity contribution in [3.8, 4) is 0 Å². The number of hydrogen-bond acceptors (Lipinski definition) is 3. The van der Waals surface area contributed by atoms with Gasteiger partial charge in [-0.3, -0.25) is 4.99 Å². The Morgan fingerprint density at radius 3 is 2.62 bits per heavy atom. The molecule has 3 nitrogen and oxygen atoms in total. The molecule has 1 rings (SSSR count). The first-order chi connectivity index (χ1) is 7.63. The van der Waals surface area contributed by atoms with Gasteiger partial charge in [-0.15, -0.1) is 0 Å². The average molecular weight is 305 g/mol. The first-order valence-electron chi connectivity index (χ1n) is 4.75. The van der Waals surface area contributed by atoms with Gasteiger partial charge in [0.1, 0.15) is 0 Å². The number of rotatable bonds is 4. The van der Waals surface area contributed by atoms with E-state index in [9.17, 15) is 4.79 Å². The smallest absolute Gasteiger partial charge is 0.368 e. The van der Waals surface area contributed by atoms with E-state index in [1.54, 1.807) is 6.92 Å². The fourth-order valence-corrected chi connectivity index (χ4v) is 1.38. The number of ether oxygens (including phenoxy) is 1. The van der Waals surface area contributed by atoms with Crippen LogP contribution >= 0.6 is 27.5 Å².